The zero-order valence-electron chi connectivity index (χ0n) is 19.6. The Balaban J connectivity index is 1.34. The van der Waals surface area contributed by atoms with Crippen molar-refractivity contribution in [2.75, 3.05) is 0 Å². The van der Waals surface area contributed by atoms with Gasteiger partial charge in [-0.2, -0.15) is 8.78 Å². The topological polar surface area (TPSA) is 26.3 Å². The van der Waals surface area contributed by atoms with E-state index in [0.29, 0.717) is 11.8 Å². The van der Waals surface area contributed by atoms with Gasteiger partial charge in [0, 0.05) is 5.92 Å². The molecule has 0 amide bonds. The van der Waals surface area contributed by atoms with Crippen LogP contribution in [0.1, 0.15) is 99.7 Å². The predicted molar refractivity (Wildman–Crippen MR) is 128 cm³/mol. The molecule has 2 fully saturated rings. The van der Waals surface area contributed by atoms with Crippen LogP contribution < -0.4 is 4.74 Å². The molecule has 2 aromatic carbocycles. The van der Waals surface area contributed by atoms with Gasteiger partial charge in [-0.3, -0.25) is 0 Å². The molecule has 2 aromatic rings. The quantitative estimate of drug-likeness (QED) is 0.375. The highest BCUT2D eigenvalue weighted by Crippen LogP contribution is 2.39. The Hall–Kier alpha value is -2.23. The minimum absolute atomic E-state index is 0.109. The van der Waals surface area contributed by atoms with Gasteiger partial charge in [-0.1, -0.05) is 44.0 Å². The molecule has 2 aliphatic rings. The molecular weight excluding hydrogens is 418 g/mol. The molecule has 2 aliphatic carbocycles. The highest BCUT2D eigenvalue weighted by Gasteiger charge is 2.35. The molecule has 2 nitrogen and oxygen atoms in total. The number of aldehydes is 1. The third kappa shape index (κ3) is 6.02. The third-order valence-electron chi connectivity index (χ3n) is 7.82. The molecule has 178 valence electrons. The van der Waals surface area contributed by atoms with Crippen molar-refractivity contribution in [3.05, 3.63) is 65.2 Å². The number of alkyl halides is 2. The number of halogens is 2. The van der Waals surface area contributed by atoms with E-state index in [-0.39, 0.29) is 17.2 Å². The largest absolute Gasteiger partial charge is 0.429 e. The molecule has 0 N–H and O–H groups in total. The second-order valence-corrected chi connectivity index (χ2v) is 10.1. The van der Waals surface area contributed by atoms with E-state index in [0.717, 1.165) is 61.9 Å². The van der Waals surface area contributed by atoms with Crippen LogP contribution in [0.5, 0.6) is 5.75 Å². The van der Waals surface area contributed by atoms with E-state index >= 15 is 0 Å². The van der Waals surface area contributed by atoms with E-state index < -0.39 is 6.11 Å². The Bertz CT molecular complexity index is 875. The average Bonchev–Trinajstić information content (AvgIpc) is 2.85. The Labute approximate surface area is 196 Å². The Kier molecular flexibility index (Phi) is 7.82. The Morgan fingerprint density at radius 3 is 1.85 bits per heavy atom. The molecule has 0 bridgehead atoms. The summed E-state index contributed by atoms with van der Waals surface area (Å²) < 4.78 is 34.8. The molecule has 0 heterocycles. The summed E-state index contributed by atoms with van der Waals surface area (Å²) in [5.41, 5.74) is 2.19. The molecule has 0 radical (unpaired) electrons. The normalized spacial score (nSPS) is 26.0. The minimum atomic E-state index is -3.37. The van der Waals surface area contributed by atoms with Gasteiger partial charge in [-0.05, 0) is 105 Å². The van der Waals surface area contributed by atoms with Crippen LogP contribution in [0.15, 0.2) is 48.5 Å². The molecule has 0 spiro atoms. The summed E-state index contributed by atoms with van der Waals surface area (Å²) in [5.74, 6) is 2.05. The second-order valence-electron chi connectivity index (χ2n) is 10.1. The van der Waals surface area contributed by atoms with Crippen LogP contribution in [0.2, 0.25) is 0 Å². The average molecular weight is 455 g/mol. The molecule has 0 unspecified atom stereocenters. The van der Waals surface area contributed by atoms with Crippen LogP contribution in [0.25, 0.3) is 0 Å². The number of ether oxygens (including phenoxy) is 1. The van der Waals surface area contributed by atoms with Gasteiger partial charge in [-0.15, -0.1) is 0 Å². The smallest absolute Gasteiger partial charge is 0.426 e. The number of carbonyl (C=O) groups excluding carboxylic acids is 1. The van der Waals surface area contributed by atoms with Gasteiger partial charge >= 0.3 is 6.11 Å². The van der Waals surface area contributed by atoms with E-state index in [1.165, 1.54) is 37.8 Å². The van der Waals surface area contributed by atoms with Gasteiger partial charge in [0.25, 0.3) is 0 Å². The number of rotatable bonds is 8. The molecule has 0 saturated heterocycles. The van der Waals surface area contributed by atoms with Crippen molar-refractivity contribution in [1.82, 2.24) is 0 Å². The summed E-state index contributed by atoms with van der Waals surface area (Å²) in [6, 6.07) is 13.8. The van der Waals surface area contributed by atoms with Crippen LogP contribution in [-0.4, -0.2) is 6.29 Å². The fraction of sp³-hybridized carbons (Fsp3) is 0.552. The number of hydrogen-bond acceptors (Lipinski definition) is 2. The first-order chi connectivity index (χ1) is 16.0. The lowest BCUT2D eigenvalue weighted by Gasteiger charge is -2.29. The molecule has 4 rings (SSSR count). The molecule has 4 heteroatoms. The van der Waals surface area contributed by atoms with Crippen LogP contribution >= 0.6 is 0 Å². The van der Waals surface area contributed by atoms with Crippen LogP contribution in [0.4, 0.5) is 8.78 Å². The maximum absolute atomic E-state index is 14.8. The monoisotopic (exact) mass is 454 g/mol. The first-order valence-corrected chi connectivity index (χ1v) is 12.7. The van der Waals surface area contributed by atoms with Crippen LogP contribution in [-0.2, 0) is 10.9 Å². The van der Waals surface area contributed by atoms with E-state index in [4.69, 9.17) is 4.74 Å². The second kappa shape index (κ2) is 10.8. The lowest BCUT2D eigenvalue weighted by Crippen LogP contribution is -2.22. The zero-order valence-corrected chi connectivity index (χ0v) is 19.6. The van der Waals surface area contributed by atoms with Crippen molar-refractivity contribution in [1.29, 1.82) is 0 Å². The predicted octanol–water partition coefficient (Wildman–Crippen LogP) is 8.36. The van der Waals surface area contributed by atoms with Gasteiger partial charge < -0.3 is 9.53 Å². The summed E-state index contributed by atoms with van der Waals surface area (Å²) in [6.45, 7) is 2.24. The maximum Gasteiger partial charge on any atom is 0.426 e. The Morgan fingerprint density at radius 1 is 0.818 bits per heavy atom. The zero-order chi connectivity index (χ0) is 23.3. The van der Waals surface area contributed by atoms with Gasteiger partial charge in [0.2, 0.25) is 0 Å². The van der Waals surface area contributed by atoms with Crippen LogP contribution in [0, 0.1) is 11.8 Å². The van der Waals surface area contributed by atoms with E-state index in [2.05, 4.69) is 6.92 Å². The summed E-state index contributed by atoms with van der Waals surface area (Å²) in [7, 11) is 0. The van der Waals surface area contributed by atoms with Crippen molar-refractivity contribution in [3.63, 3.8) is 0 Å². The third-order valence-corrected chi connectivity index (χ3v) is 7.82. The van der Waals surface area contributed by atoms with E-state index in [1.807, 2.05) is 24.3 Å². The summed E-state index contributed by atoms with van der Waals surface area (Å²) >= 11 is 0. The summed E-state index contributed by atoms with van der Waals surface area (Å²) in [6.07, 6.45) is 8.75. The van der Waals surface area contributed by atoms with Gasteiger partial charge in [0.15, 0.2) is 0 Å². The Morgan fingerprint density at radius 2 is 1.33 bits per heavy atom. The van der Waals surface area contributed by atoms with Crippen molar-refractivity contribution in [2.45, 2.75) is 89.1 Å². The van der Waals surface area contributed by atoms with Crippen LogP contribution in [0.3, 0.4) is 0 Å². The maximum atomic E-state index is 14.8. The lowest BCUT2D eigenvalue weighted by atomic mass is 9.77. The van der Waals surface area contributed by atoms with Gasteiger partial charge in [0.1, 0.15) is 12.0 Å². The van der Waals surface area contributed by atoms with Gasteiger partial charge in [0.05, 0.1) is 5.56 Å². The fourth-order valence-electron chi connectivity index (χ4n) is 5.75. The minimum Gasteiger partial charge on any atom is -0.429 e. The number of benzene rings is 2. The highest BCUT2D eigenvalue weighted by molar-refractivity contribution is 5.53. The fourth-order valence-corrected chi connectivity index (χ4v) is 5.75. The van der Waals surface area contributed by atoms with E-state index in [1.54, 1.807) is 12.1 Å². The number of hydrogen-bond donors (Lipinski definition) is 0. The van der Waals surface area contributed by atoms with E-state index in [9.17, 15) is 13.6 Å². The number of carbonyl (C=O) groups is 1. The molecule has 0 atom stereocenters. The summed E-state index contributed by atoms with van der Waals surface area (Å²) in [4.78, 5) is 10.9. The molecule has 0 aromatic heterocycles. The van der Waals surface area contributed by atoms with Crippen molar-refractivity contribution in [3.8, 4) is 5.75 Å². The van der Waals surface area contributed by atoms with Crippen molar-refractivity contribution < 1.29 is 18.3 Å². The molecule has 0 aliphatic heterocycles. The molecule has 33 heavy (non-hydrogen) atoms. The van der Waals surface area contributed by atoms with Gasteiger partial charge in [-0.25, -0.2) is 0 Å². The van der Waals surface area contributed by atoms with Crippen molar-refractivity contribution in [2.24, 2.45) is 11.8 Å². The first kappa shape index (κ1) is 23.9. The lowest BCUT2D eigenvalue weighted by molar-refractivity contribution is -0.185. The first-order valence-electron chi connectivity index (χ1n) is 12.7. The SMILES string of the molecule is CCCC1CCC(c2ccc(C(F)(F)Oc3ccc(C4CCC(C=O)CC4)cc3)cc2)CC1. The molecule has 2 saturated carbocycles. The summed E-state index contributed by atoms with van der Waals surface area (Å²) in [5, 5.41) is 0. The highest BCUT2D eigenvalue weighted by atomic mass is 19.3. The standard InChI is InChI=1S/C29H36F2O2/c1-2-3-21-4-8-23(9-5-21)25-12-16-27(17-13-25)29(30,31)33-28-18-14-26(15-19-28)24-10-6-22(20-32)7-11-24/h12-24H,2-11H2,1H3. The van der Waals surface area contributed by atoms with Crippen molar-refractivity contribution >= 4 is 6.29 Å². The molecular formula is C29H36F2O2.